The van der Waals surface area contributed by atoms with E-state index < -0.39 is 5.54 Å². The monoisotopic (exact) mass is 226 g/mol. The molecule has 2 rings (SSSR count). The van der Waals surface area contributed by atoms with Crippen LogP contribution in [0.5, 0.6) is 0 Å². The lowest BCUT2D eigenvalue weighted by Crippen LogP contribution is -2.38. The van der Waals surface area contributed by atoms with Gasteiger partial charge >= 0.3 is 0 Å². The fourth-order valence-corrected chi connectivity index (χ4v) is 1.99. The molecule has 17 heavy (non-hydrogen) atoms. The minimum atomic E-state index is -0.407. The van der Waals surface area contributed by atoms with E-state index in [-0.39, 0.29) is 5.92 Å². The first-order chi connectivity index (χ1) is 8.12. The molecule has 0 radical (unpaired) electrons. The third kappa shape index (κ3) is 2.37. The van der Waals surface area contributed by atoms with Gasteiger partial charge in [0.1, 0.15) is 0 Å². The average molecular weight is 226 g/mol. The van der Waals surface area contributed by atoms with Gasteiger partial charge in [-0.3, -0.25) is 4.98 Å². The molecule has 0 aliphatic rings. The highest BCUT2D eigenvalue weighted by atomic mass is 14.8. The lowest BCUT2D eigenvalue weighted by atomic mass is 9.79. The second kappa shape index (κ2) is 4.68. The Bertz CT molecular complexity index is 463. The summed E-state index contributed by atoms with van der Waals surface area (Å²) < 4.78 is 0. The zero-order valence-corrected chi connectivity index (χ0v) is 10.3. The van der Waals surface area contributed by atoms with Gasteiger partial charge in [-0.15, -0.1) is 0 Å². The molecular formula is C15H18N2. The van der Waals surface area contributed by atoms with Crippen LogP contribution in [0.2, 0.25) is 0 Å². The van der Waals surface area contributed by atoms with Crippen LogP contribution < -0.4 is 5.73 Å². The fourth-order valence-electron chi connectivity index (χ4n) is 1.99. The predicted octanol–water partition coefficient (Wildman–Crippen LogP) is 3.06. The van der Waals surface area contributed by atoms with Gasteiger partial charge in [0.15, 0.2) is 0 Å². The second-order valence-corrected chi connectivity index (χ2v) is 4.63. The quantitative estimate of drug-likeness (QED) is 0.873. The third-order valence-corrected chi connectivity index (χ3v) is 3.43. The number of aromatic nitrogens is 1. The molecule has 88 valence electrons. The molecule has 0 aliphatic carbocycles. The molecule has 1 aromatic heterocycles. The SMILES string of the molecule is CC(c1ccccn1)C(C)(N)c1ccccc1. The maximum absolute atomic E-state index is 6.47. The highest BCUT2D eigenvalue weighted by Crippen LogP contribution is 2.32. The number of pyridine rings is 1. The Labute approximate surface area is 103 Å². The Hall–Kier alpha value is -1.67. The summed E-state index contributed by atoms with van der Waals surface area (Å²) in [4.78, 5) is 4.39. The number of nitrogens with zero attached hydrogens (tertiary/aromatic N) is 1. The van der Waals surface area contributed by atoms with Crippen LogP contribution >= 0.6 is 0 Å². The summed E-state index contributed by atoms with van der Waals surface area (Å²) >= 11 is 0. The molecule has 0 amide bonds. The van der Waals surface area contributed by atoms with Crippen molar-refractivity contribution in [3.63, 3.8) is 0 Å². The van der Waals surface area contributed by atoms with Gasteiger partial charge in [-0.05, 0) is 24.6 Å². The number of hydrogen-bond acceptors (Lipinski definition) is 2. The topological polar surface area (TPSA) is 38.9 Å². The molecule has 0 bridgehead atoms. The van der Waals surface area contributed by atoms with Crippen molar-refractivity contribution < 1.29 is 0 Å². The molecule has 2 aromatic rings. The van der Waals surface area contributed by atoms with Gasteiger partial charge < -0.3 is 5.73 Å². The summed E-state index contributed by atoms with van der Waals surface area (Å²) in [7, 11) is 0. The minimum Gasteiger partial charge on any atom is -0.321 e. The maximum Gasteiger partial charge on any atom is 0.0462 e. The van der Waals surface area contributed by atoms with Crippen LogP contribution in [-0.4, -0.2) is 4.98 Å². The summed E-state index contributed by atoms with van der Waals surface area (Å²) in [5.41, 5.74) is 8.23. The van der Waals surface area contributed by atoms with Crippen molar-refractivity contribution in [2.24, 2.45) is 5.73 Å². The van der Waals surface area contributed by atoms with E-state index in [0.717, 1.165) is 11.3 Å². The first kappa shape index (κ1) is 11.8. The first-order valence-corrected chi connectivity index (χ1v) is 5.87. The van der Waals surface area contributed by atoms with Crippen LogP contribution in [0.25, 0.3) is 0 Å². The number of nitrogens with two attached hydrogens (primary N) is 1. The van der Waals surface area contributed by atoms with Gasteiger partial charge in [0.05, 0.1) is 0 Å². The van der Waals surface area contributed by atoms with E-state index in [0.29, 0.717) is 0 Å². The standard InChI is InChI=1S/C15H18N2/c1-12(14-10-6-7-11-17-14)15(2,16)13-8-4-3-5-9-13/h3-12H,16H2,1-2H3. The van der Waals surface area contributed by atoms with E-state index in [1.165, 1.54) is 0 Å². The van der Waals surface area contributed by atoms with Crippen LogP contribution in [0.4, 0.5) is 0 Å². The molecule has 2 atom stereocenters. The minimum absolute atomic E-state index is 0.172. The van der Waals surface area contributed by atoms with Crippen LogP contribution in [-0.2, 0) is 5.54 Å². The lowest BCUT2D eigenvalue weighted by molar-refractivity contribution is 0.405. The number of hydrogen-bond donors (Lipinski definition) is 1. The number of rotatable bonds is 3. The highest BCUT2D eigenvalue weighted by molar-refractivity contribution is 5.28. The molecule has 0 fully saturated rings. The van der Waals surface area contributed by atoms with E-state index in [1.807, 2.05) is 42.6 Å². The summed E-state index contributed by atoms with van der Waals surface area (Å²) in [6.07, 6.45) is 1.81. The molecule has 0 aliphatic heterocycles. The summed E-state index contributed by atoms with van der Waals surface area (Å²) in [5.74, 6) is 0.172. The van der Waals surface area contributed by atoms with Gasteiger partial charge in [-0.1, -0.05) is 43.3 Å². The molecule has 1 heterocycles. The van der Waals surface area contributed by atoms with Crippen LogP contribution in [0.15, 0.2) is 54.7 Å². The van der Waals surface area contributed by atoms with E-state index >= 15 is 0 Å². The molecule has 2 unspecified atom stereocenters. The zero-order valence-electron chi connectivity index (χ0n) is 10.3. The highest BCUT2D eigenvalue weighted by Gasteiger charge is 2.30. The van der Waals surface area contributed by atoms with E-state index in [4.69, 9.17) is 5.73 Å². The van der Waals surface area contributed by atoms with E-state index in [1.54, 1.807) is 0 Å². The Balaban J connectivity index is 2.33. The molecular weight excluding hydrogens is 208 g/mol. The van der Waals surface area contributed by atoms with Crippen molar-refractivity contribution in [3.8, 4) is 0 Å². The predicted molar refractivity (Wildman–Crippen MR) is 70.6 cm³/mol. The van der Waals surface area contributed by atoms with Crippen molar-refractivity contribution in [3.05, 3.63) is 66.0 Å². The van der Waals surface area contributed by atoms with Crippen molar-refractivity contribution in [2.75, 3.05) is 0 Å². The smallest absolute Gasteiger partial charge is 0.0462 e. The fraction of sp³-hybridized carbons (Fsp3) is 0.267. The van der Waals surface area contributed by atoms with E-state index in [9.17, 15) is 0 Å². The van der Waals surface area contributed by atoms with Crippen LogP contribution in [0, 0.1) is 0 Å². The molecule has 2 heteroatoms. The molecule has 1 aromatic carbocycles. The van der Waals surface area contributed by atoms with E-state index in [2.05, 4.69) is 31.0 Å². The third-order valence-electron chi connectivity index (χ3n) is 3.43. The van der Waals surface area contributed by atoms with Gasteiger partial charge in [-0.25, -0.2) is 0 Å². The van der Waals surface area contributed by atoms with Crippen molar-refractivity contribution in [1.82, 2.24) is 4.98 Å². The molecule has 2 nitrogen and oxygen atoms in total. The zero-order chi connectivity index (χ0) is 12.3. The van der Waals surface area contributed by atoms with Crippen molar-refractivity contribution >= 4 is 0 Å². The lowest BCUT2D eigenvalue weighted by Gasteiger charge is -2.32. The molecule has 0 saturated carbocycles. The van der Waals surface area contributed by atoms with Crippen LogP contribution in [0.3, 0.4) is 0 Å². The Morgan fingerprint density at radius 3 is 2.29 bits per heavy atom. The summed E-state index contributed by atoms with van der Waals surface area (Å²) in [6, 6.07) is 16.1. The molecule has 0 saturated heterocycles. The summed E-state index contributed by atoms with van der Waals surface area (Å²) in [6.45, 7) is 4.18. The van der Waals surface area contributed by atoms with Gasteiger partial charge in [0, 0.05) is 23.3 Å². The Kier molecular flexibility index (Phi) is 3.25. The Morgan fingerprint density at radius 2 is 1.71 bits per heavy atom. The molecule has 0 spiro atoms. The maximum atomic E-state index is 6.47. The van der Waals surface area contributed by atoms with Gasteiger partial charge in [0.2, 0.25) is 0 Å². The second-order valence-electron chi connectivity index (χ2n) is 4.63. The molecule has 2 N–H and O–H groups in total. The Morgan fingerprint density at radius 1 is 1.06 bits per heavy atom. The largest absolute Gasteiger partial charge is 0.321 e. The van der Waals surface area contributed by atoms with Gasteiger partial charge in [0.25, 0.3) is 0 Å². The summed E-state index contributed by atoms with van der Waals surface area (Å²) in [5, 5.41) is 0. The van der Waals surface area contributed by atoms with Crippen LogP contribution in [0.1, 0.15) is 31.0 Å². The normalized spacial score (nSPS) is 16.2. The first-order valence-electron chi connectivity index (χ1n) is 5.87. The van der Waals surface area contributed by atoms with Crippen molar-refractivity contribution in [2.45, 2.75) is 25.3 Å². The average Bonchev–Trinajstić information content (AvgIpc) is 2.40. The van der Waals surface area contributed by atoms with Gasteiger partial charge in [-0.2, -0.15) is 0 Å². The number of benzene rings is 1. The van der Waals surface area contributed by atoms with Crippen molar-refractivity contribution in [1.29, 1.82) is 0 Å².